The maximum Gasteiger partial charge on any atom is 0.0917 e. The summed E-state index contributed by atoms with van der Waals surface area (Å²) in [5.74, 6) is 0. The van der Waals surface area contributed by atoms with Crippen LogP contribution in [-0.2, 0) is 0 Å². The first-order valence-electron chi connectivity index (χ1n) is 14.1. The van der Waals surface area contributed by atoms with E-state index in [2.05, 4.69) is 83.2 Å². The predicted octanol–water partition coefficient (Wildman–Crippen LogP) is 9.81. The topological polar surface area (TPSA) is 23.5 Å². The molecule has 3 rings (SSSR count). The molecule has 0 unspecified atom stereocenters. The Morgan fingerprint density at radius 3 is 1.89 bits per heavy atom. The van der Waals surface area contributed by atoms with Gasteiger partial charge < -0.3 is 10.0 Å². The molecule has 3 aromatic carbocycles. The van der Waals surface area contributed by atoms with Gasteiger partial charge in [0.25, 0.3) is 0 Å². The number of hydrogen-bond acceptors (Lipinski definition) is 2. The molecule has 0 fully saturated rings. The number of aliphatic hydroxyl groups is 1. The van der Waals surface area contributed by atoms with Gasteiger partial charge in [-0.1, -0.05) is 130 Å². The second-order valence-electron chi connectivity index (χ2n) is 10.2. The van der Waals surface area contributed by atoms with Crippen molar-refractivity contribution in [2.24, 2.45) is 0 Å². The first-order chi connectivity index (χ1) is 17.1. The van der Waals surface area contributed by atoms with Crippen molar-refractivity contribution in [3.05, 3.63) is 58.6 Å². The summed E-state index contributed by atoms with van der Waals surface area (Å²) >= 11 is 3.73. The molecule has 0 spiro atoms. The summed E-state index contributed by atoms with van der Waals surface area (Å²) < 4.78 is 1.12. The average Bonchev–Trinajstić information content (AvgIpc) is 2.88. The Labute approximate surface area is 222 Å². The molecule has 192 valence electrons. The van der Waals surface area contributed by atoms with Crippen molar-refractivity contribution in [3.8, 4) is 0 Å². The fourth-order valence-corrected chi connectivity index (χ4v) is 5.75. The number of aliphatic hydroxyl groups excluding tert-OH is 1. The van der Waals surface area contributed by atoms with Crippen molar-refractivity contribution in [1.82, 2.24) is 4.90 Å². The first-order valence-corrected chi connectivity index (χ1v) is 14.9. The Kier molecular flexibility index (Phi) is 12.6. The third-order valence-electron chi connectivity index (χ3n) is 7.31. The van der Waals surface area contributed by atoms with Gasteiger partial charge >= 0.3 is 0 Å². The quantitative estimate of drug-likeness (QED) is 0.136. The lowest BCUT2D eigenvalue weighted by atomic mass is 9.98. The second-order valence-corrected chi connectivity index (χ2v) is 11.1. The molecule has 0 saturated carbocycles. The van der Waals surface area contributed by atoms with Crippen molar-refractivity contribution < 1.29 is 5.11 Å². The van der Waals surface area contributed by atoms with Gasteiger partial charge in [0.2, 0.25) is 0 Å². The zero-order valence-electron chi connectivity index (χ0n) is 22.1. The van der Waals surface area contributed by atoms with E-state index in [4.69, 9.17) is 0 Å². The number of unbranched alkanes of at least 4 members (excludes halogenated alkanes) is 10. The van der Waals surface area contributed by atoms with Crippen molar-refractivity contribution in [3.63, 3.8) is 0 Å². The summed E-state index contributed by atoms with van der Waals surface area (Å²) in [7, 11) is 0. The standard InChI is InChI=1S/C32H46BrNO/c1-3-5-7-9-11-15-21-34(22-16-12-10-8-6-4-2)25-32(35)27-20-19-26-24-31(33)29-18-14-13-17-28(29)30(26)23-27/h13-14,17-20,23-24,32,35H,3-12,15-16,21-22,25H2,1-2H3/t32-/m0/s1. The third-order valence-corrected chi connectivity index (χ3v) is 7.96. The molecule has 0 saturated heterocycles. The minimum absolute atomic E-state index is 0.456. The lowest BCUT2D eigenvalue weighted by Gasteiger charge is -2.25. The molecule has 1 atom stereocenters. The van der Waals surface area contributed by atoms with Gasteiger partial charge in [-0.15, -0.1) is 0 Å². The minimum Gasteiger partial charge on any atom is -0.387 e. The van der Waals surface area contributed by atoms with Crippen molar-refractivity contribution in [2.45, 2.75) is 97.0 Å². The summed E-state index contributed by atoms with van der Waals surface area (Å²) in [4.78, 5) is 2.52. The van der Waals surface area contributed by atoms with Crippen LogP contribution in [0.4, 0.5) is 0 Å². The zero-order chi connectivity index (χ0) is 24.9. The molecule has 0 radical (unpaired) electrons. The lowest BCUT2D eigenvalue weighted by molar-refractivity contribution is 0.110. The fraction of sp³-hybridized carbons (Fsp3) is 0.562. The highest BCUT2D eigenvalue weighted by Gasteiger charge is 2.15. The van der Waals surface area contributed by atoms with E-state index in [0.717, 1.165) is 29.7 Å². The highest BCUT2D eigenvalue weighted by Crippen LogP contribution is 2.33. The van der Waals surface area contributed by atoms with Gasteiger partial charge in [0.15, 0.2) is 0 Å². The monoisotopic (exact) mass is 539 g/mol. The Morgan fingerprint density at radius 2 is 1.26 bits per heavy atom. The van der Waals surface area contributed by atoms with Crippen LogP contribution in [0.3, 0.4) is 0 Å². The van der Waals surface area contributed by atoms with Crippen molar-refractivity contribution >= 4 is 37.5 Å². The number of rotatable bonds is 17. The van der Waals surface area contributed by atoms with Gasteiger partial charge in [-0.05, 0) is 65.2 Å². The van der Waals surface area contributed by atoms with E-state index in [-0.39, 0.29) is 0 Å². The van der Waals surface area contributed by atoms with Crippen LogP contribution in [0.5, 0.6) is 0 Å². The molecule has 1 N–H and O–H groups in total. The maximum atomic E-state index is 11.3. The van der Waals surface area contributed by atoms with Crippen molar-refractivity contribution in [2.75, 3.05) is 19.6 Å². The number of hydrogen-bond donors (Lipinski definition) is 1. The normalized spacial score (nSPS) is 12.7. The molecular formula is C32H46BrNO. The van der Waals surface area contributed by atoms with Crippen LogP contribution in [0.2, 0.25) is 0 Å². The number of halogens is 1. The van der Waals surface area contributed by atoms with Crippen LogP contribution in [0.25, 0.3) is 21.5 Å². The zero-order valence-corrected chi connectivity index (χ0v) is 23.7. The van der Waals surface area contributed by atoms with E-state index in [1.165, 1.54) is 98.6 Å². The van der Waals surface area contributed by atoms with Gasteiger partial charge in [-0.3, -0.25) is 0 Å². The first kappa shape index (κ1) is 28.2. The lowest BCUT2D eigenvalue weighted by Crippen LogP contribution is -2.31. The minimum atomic E-state index is -0.456. The highest BCUT2D eigenvalue weighted by atomic mass is 79.9. The second kappa shape index (κ2) is 15.6. The van der Waals surface area contributed by atoms with Crippen LogP contribution >= 0.6 is 15.9 Å². The predicted molar refractivity (Wildman–Crippen MR) is 157 cm³/mol. The van der Waals surface area contributed by atoms with E-state index >= 15 is 0 Å². The number of nitrogens with zero attached hydrogens (tertiary/aromatic N) is 1. The third kappa shape index (κ3) is 8.88. The van der Waals surface area contributed by atoms with E-state index < -0.39 is 6.10 Å². The van der Waals surface area contributed by atoms with Gasteiger partial charge in [-0.2, -0.15) is 0 Å². The van der Waals surface area contributed by atoms with Gasteiger partial charge in [0, 0.05) is 11.0 Å². The molecule has 0 aliphatic carbocycles. The number of benzene rings is 3. The average molecular weight is 541 g/mol. The summed E-state index contributed by atoms with van der Waals surface area (Å²) in [5, 5.41) is 16.2. The molecule has 0 aromatic heterocycles. The Balaban J connectivity index is 1.65. The molecule has 3 aromatic rings. The maximum absolute atomic E-state index is 11.3. The Morgan fingerprint density at radius 1 is 0.686 bits per heavy atom. The smallest absolute Gasteiger partial charge is 0.0917 e. The summed E-state index contributed by atoms with van der Waals surface area (Å²) in [5.41, 5.74) is 1.03. The van der Waals surface area contributed by atoms with Crippen LogP contribution in [-0.4, -0.2) is 29.6 Å². The van der Waals surface area contributed by atoms with Crippen molar-refractivity contribution in [1.29, 1.82) is 0 Å². The molecule has 0 bridgehead atoms. The molecular weight excluding hydrogens is 494 g/mol. The summed E-state index contributed by atoms with van der Waals surface area (Å²) in [6, 6.07) is 17.2. The summed E-state index contributed by atoms with van der Waals surface area (Å²) in [6.07, 6.45) is 15.3. The summed E-state index contributed by atoms with van der Waals surface area (Å²) in [6.45, 7) is 7.48. The molecule has 3 heteroatoms. The molecule has 0 aliphatic heterocycles. The Bertz CT molecular complexity index is 1000. The van der Waals surface area contributed by atoms with Gasteiger partial charge in [-0.25, -0.2) is 0 Å². The van der Waals surface area contributed by atoms with E-state index in [0.29, 0.717) is 0 Å². The molecule has 2 nitrogen and oxygen atoms in total. The van der Waals surface area contributed by atoms with E-state index in [9.17, 15) is 5.11 Å². The molecule has 0 aliphatic rings. The SMILES string of the molecule is CCCCCCCCN(CCCCCCCC)C[C@H](O)c1ccc2cc(Br)c3ccccc3c2c1. The van der Waals surface area contributed by atoms with E-state index in [1.807, 2.05) is 0 Å². The van der Waals surface area contributed by atoms with Crippen LogP contribution < -0.4 is 0 Å². The molecule has 0 amide bonds. The number of fused-ring (bicyclic) bond motifs is 3. The fourth-order valence-electron chi connectivity index (χ4n) is 5.16. The van der Waals surface area contributed by atoms with Gasteiger partial charge in [0.1, 0.15) is 0 Å². The Hall–Kier alpha value is -1.42. The van der Waals surface area contributed by atoms with Crippen LogP contribution in [0, 0.1) is 0 Å². The molecule has 0 heterocycles. The highest BCUT2D eigenvalue weighted by molar-refractivity contribution is 9.10. The van der Waals surface area contributed by atoms with E-state index in [1.54, 1.807) is 0 Å². The van der Waals surface area contributed by atoms with Crippen LogP contribution in [0.15, 0.2) is 53.0 Å². The van der Waals surface area contributed by atoms with Crippen LogP contribution in [0.1, 0.15) is 103 Å². The largest absolute Gasteiger partial charge is 0.387 e. The molecule has 35 heavy (non-hydrogen) atoms. The van der Waals surface area contributed by atoms with Gasteiger partial charge in [0.05, 0.1) is 6.10 Å².